The van der Waals surface area contributed by atoms with Gasteiger partial charge in [0.25, 0.3) is 0 Å². The molecule has 24 heavy (non-hydrogen) atoms. The number of ether oxygens (including phenoxy) is 1. The Balaban J connectivity index is 1.96. The fourth-order valence-electron chi connectivity index (χ4n) is 2.38. The van der Waals surface area contributed by atoms with Crippen LogP contribution >= 0.6 is 0 Å². The molecular weight excluding hydrogens is 304 g/mol. The number of carbonyl (C=O) groups excluding carboxylic acids is 1. The summed E-state index contributed by atoms with van der Waals surface area (Å²) in [6, 6.07) is 21.6. The standard InChI is InChI=1S/C19H16N2O3/c20-19(22)13-9-11-14(12-10-13)23-17-7-3-1-5-15(17)16-6-2-4-8-18(16)24-21/h1-12H,21H2,(H2,20,22). The van der Waals surface area contributed by atoms with Gasteiger partial charge >= 0.3 is 0 Å². The molecule has 3 rings (SSSR count). The highest BCUT2D eigenvalue weighted by molar-refractivity contribution is 5.92. The smallest absolute Gasteiger partial charge is 0.248 e. The van der Waals surface area contributed by atoms with E-state index in [1.165, 1.54) is 0 Å². The SMILES string of the molecule is NOc1ccccc1-c1ccccc1Oc1ccc(C(N)=O)cc1. The Labute approximate surface area is 139 Å². The minimum absolute atomic E-state index is 0.428. The number of benzene rings is 3. The van der Waals surface area contributed by atoms with E-state index in [0.29, 0.717) is 22.8 Å². The largest absolute Gasteiger partial charge is 0.457 e. The predicted molar refractivity (Wildman–Crippen MR) is 91.7 cm³/mol. The van der Waals surface area contributed by atoms with E-state index >= 15 is 0 Å². The van der Waals surface area contributed by atoms with Crippen molar-refractivity contribution in [1.29, 1.82) is 0 Å². The average Bonchev–Trinajstić information content (AvgIpc) is 2.62. The number of primary amides is 1. The second kappa shape index (κ2) is 6.85. The molecule has 0 radical (unpaired) electrons. The van der Waals surface area contributed by atoms with Gasteiger partial charge in [-0.05, 0) is 36.4 Å². The number of rotatable bonds is 5. The molecule has 0 saturated heterocycles. The van der Waals surface area contributed by atoms with Crippen LogP contribution in [0.2, 0.25) is 0 Å². The van der Waals surface area contributed by atoms with E-state index in [4.69, 9.17) is 21.2 Å². The normalized spacial score (nSPS) is 10.2. The third kappa shape index (κ3) is 3.21. The maximum absolute atomic E-state index is 11.1. The molecule has 3 aromatic carbocycles. The van der Waals surface area contributed by atoms with Crippen molar-refractivity contribution in [3.63, 3.8) is 0 Å². The topological polar surface area (TPSA) is 87.6 Å². The summed E-state index contributed by atoms with van der Waals surface area (Å²) in [7, 11) is 0. The van der Waals surface area contributed by atoms with Crippen LogP contribution in [0.15, 0.2) is 72.8 Å². The van der Waals surface area contributed by atoms with Gasteiger partial charge in [-0.1, -0.05) is 36.4 Å². The summed E-state index contributed by atoms with van der Waals surface area (Å²) in [5, 5.41) is 0. The lowest BCUT2D eigenvalue weighted by Crippen LogP contribution is -2.10. The van der Waals surface area contributed by atoms with Crippen LogP contribution in [0.4, 0.5) is 0 Å². The summed E-state index contributed by atoms with van der Waals surface area (Å²) >= 11 is 0. The first kappa shape index (κ1) is 15.6. The van der Waals surface area contributed by atoms with E-state index in [0.717, 1.165) is 11.1 Å². The maximum atomic E-state index is 11.1. The number of amides is 1. The summed E-state index contributed by atoms with van der Waals surface area (Å²) in [4.78, 5) is 16.1. The zero-order chi connectivity index (χ0) is 16.9. The van der Waals surface area contributed by atoms with E-state index in [9.17, 15) is 4.79 Å². The van der Waals surface area contributed by atoms with Gasteiger partial charge in [0.1, 0.15) is 11.5 Å². The van der Waals surface area contributed by atoms with Crippen LogP contribution in [0.3, 0.4) is 0 Å². The molecule has 0 saturated carbocycles. The van der Waals surface area contributed by atoms with Gasteiger partial charge in [-0.3, -0.25) is 4.79 Å². The summed E-state index contributed by atoms with van der Waals surface area (Å²) in [6.45, 7) is 0. The van der Waals surface area contributed by atoms with Crippen molar-refractivity contribution in [3.05, 3.63) is 78.4 Å². The Bertz CT molecular complexity index is 860. The zero-order valence-corrected chi connectivity index (χ0v) is 12.8. The second-order valence-corrected chi connectivity index (χ2v) is 5.10. The van der Waals surface area contributed by atoms with Crippen molar-refractivity contribution in [1.82, 2.24) is 0 Å². The Morgan fingerprint density at radius 1 is 0.750 bits per heavy atom. The molecule has 120 valence electrons. The minimum atomic E-state index is -0.476. The molecule has 0 unspecified atom stereocenters. The van der Waals surface area contributed by atoms with E-state index in [-0.39, 0.29) is 0 Å². The van der Waals surface area contributed by atoms with Gasteiger partial charge in [0, 0.05) is 16.7 Å². The highest BCUT2D eigenvalue weighted by Gasteiger charge is 2.11. The van der Waals surface area contributed by atoms with Crippen LogP contribution in [0, 0.1) is 0 Å². The van der Waals surface area contributed by atoms with Crippen molar-refractivity contribution in [3.8, 4) is 28.4 Å². The summed E-state index contributed by atoms with van der Waals surface area (Å²) in [6.07, 6.45) is 0. The fraction of sp³-hybridized carbons (Fsp3) is 0. The first-order valence-corrected chi connectivity index (χ1v) is 7.32. The number of para-hydroxylation sites is 2. The minimum Gasteiger partial charge on any atom is -0.457 e. The molecular formula is C19H16N2O3. The second-order valence-electron chi connectivity index (χ2n) is 5.10. The van der Waals surface area contributed by atoms with E-state index in [1.54, 1.807) is 30.3 Å². The molecule has 5 nitrogen and oxygen atoms in total. The van der Waals surface area contributed by atoms with Gasteiger partial charge in [-0.2, -0.15) is 5.90 Å². The first-order valence-electron chi connectivity index (χ1n) is 7.32. The number of carbonyl (C=O) groups is 1. The van der Waals surface area contributed by atoms with Crippen molar-refractivity contribution in [2.24, 2.45) is 11.6 Å². The monoisotopic (exact) mass is 320 g/mol. The number of hydrogen-bond donors (Lipinski definition) is 2. The highest BCUT2D eigenvalue weighted by atomic mass is 16.6. The van der Waals surface area contributed by atoms with Crippen molar-refractivity contribution in [2.75, 3.05) is 0 Å². The molecule has 0 aromatic heterocycles. The molecule has 4 N–H and O–H groups in total. The van der Waals surface area contributed by atoms with Gasteiger partial charge in [0.05, 0.1) is 0 Å². The first-order chi connectivity index (χ1) is 11.7. The van der Waals surface area contributed by atoms with Crippen molar-refractivity contribution >= 4 is 5.91 Å². The van der Waals surface area contributed by atoms with Crippen LogP contribution in [-0.4, -0.2) is 5.91 Å². The van der Waals surface area contributed by atoms with Crippen LogP contribution in [-0.2, 0) is 0 Å². The average molecular weight is 320 g/mol. The highest BCUT2D eigenvalue weighted by Crippen LogP contribution is 2.37. The van der Waals surface area contributed by atoms with Crippen molar-refractivity contribution < 1.29 is 14.4 Å². The van der Waals surface area contributed by atoms with Gasteiger partial charge in [-0.25, -0.2) is 0 Å². The predicted octanol–water partition coefficient (Wildman–Crippen LogP) is 3.50. The number of nitrogens with two attached hydrogens (primary N) is 2. The molecule has 0 aliphatic rings. The fourth-order valence-corrected chi connectivity index (χ4v) is 2.38. The summed E-state index contributed by atoms with van der Waals surface area (Å²) < 4.78 is 5.95. The molecule has 0 bridgehead atoms. The molecule has 0 atom stereocenters. The summed E-state index contributed by atoms with van der Waals surface area (Å²) in [5.41, 5.74) is 7.34. The van der Waals surface area contributed by atoms with E-state index in [1.807, 2.05) is 42.5 Å². The third-order valence-electron chi connectivity index (χ3n) is 3.56. The lowest BCUT2D eigenvalue weighted by atomic mass is 10.0. The Kier molecular flexibility index (Phi) is 4.45. The van der Waals surface area contributed by atoms with Crippen molar-refractivity contribution in [2.45, 2.75) is 0 Å². The Morgan fingerprint density at radius 3 is 1.88 bits per heavy atom. The maximum Gasteiger partial charge on any atom is 0.248 e. The molecule has 1 amide bonds. The van der Waals surface area contributed by atoms with E-state index in [2.05, 4.69) is 0 Å². The lowest BCUT2D eigenvalue weighted by Gasteiger charge is -2.13. The molecule has 0 spiro atoms. The van der Waals surface area contributed by atoms with Gasteiger partial charge in [0.2, 0.25) is 5.91 Å². The molecule has 5 heteroatoms. The molecule has 0 aliphatic heterocycles. The third-order valence-corrected chi connectivity index (χ3v) is 3.56. The van der Waals surface area contributed by atoms with Gasteiger partial charge in [0.15, 0.2) is 5.75 Å². The number of hydrogen-bond acceptors (Lipinski definition) is 4. The van der Waals surface area contributed by atoms with Crippen LogP contribution in [0.5, 0.6) is 17.2 Å². The van der Waals surface area contributed by atoms with E-state index < -0.39 is 5.91 Å². The molecule has 0 aliphatic carbocycles. The Hall–Kier alpha value is -3.31. The molecule has 0 fully saturated rings. The lowest BCUT2D eigenvalue weighted by molar-refractivity contribution is 0.100. The Morgan fingerprint density at radius 2 is 1.29 bits per heavy atom. The van der Waals surface area contributed by atoms with Crippen LogP contribution < -0.4 is 21.2 Å². The molecule has 3 aromatic rings. The van der Waals surface area contributed by atoms with Crippen LogP contribution in [0.25, 0.3) is 11.1 Å². The van der Waals surface area contributed by atoms with Crippen LogP contribution in [0.1, 0.15) is 10.4 Å². The summed E-state index contributed by atoms with van der Waals surface area (Å²) in [5.74, 6) is 6.67. The van der Waals surface area contributed by atoms with Gasteiger partial charge < -0.3 is 15.3 Å². The molecule has 0 heterocycles. The van der Waals surface area contributed by atoms with Gasteiger partial charge in [-0.15, -0.1) is 0 Å². The zero-order valence-electron chi connectivity index (χ0n) is 12.8. The quantitative estimate of drug-likeness (QED) is 0.704.